The van der Waals surface area contributed by atoms with Crippen molar-refractivity contribution in [2.45, 2.75) is 6.92 Å². The topological polar surface area (TPSA) is 28.7 Å². The first-order valence-electron chi connectivity index (χ1n) is 3.53. The summed E-state index contributed by atoms with van der Waals surface area (Å²) in [5.74, 6) is 0. The molecule has 12 heavy (non-hydrogen) atoms. The average molecular weight is 199 g/mol. The number of H-pyrrole nitrogens is 1. The van der Waals surface area contributed by atoms with Crippen molar-refractivity contribution < 1.29 is 0 Å². The predicted molar refractivity (Wildman–Crippen MR) is 51.6 cm³/mol. The second-order valence-corrected chi connectivity index (χ2v) is 4.14. The number of hydrogen-bond acceptors (Lipinski definition) is 2. The fraction of sp³-hybridized carbons (Fsp3) is 0.125. The summed E-state index contributed by atoms with van der Waals surface area (Å²) in [6.45, 7) is 2.08. The van der Waals surface area contributed by atoms with Crippen molar-refractivity contribution in [3.63, 3.8) is 0 Å². The van der Waals surface area contributed by atoms with Crippen molar-refractivity contribution in [2.24, 2.45) is 0 Å². The highest BCUT2D eigenvalue weighted by Gasteiger charge is 2.02. The van der Waals surface area contributed by atoms with Crippen LogP contribution in [-0.2, 0) is 0 Å². The van der Waals surface area contributed by atoms with Crippen LogP contribution in [0.1, 0.15) is 4.88 Å². The molecule has 2 rings (SSSR count). The van der Waals surface area contributed by atoms with Crippen molar-refractivity contribution in [3.8, 4) is 10.6 Å². The lowest BCUT2D eigenvalue weighted by molar-refractivity contribution is 1.31. The maximum atomic E-state index is 5.66. The number of imidazole rings is 1. The summed E-state index contributed by atoms with van der Waals surface area (Å²) < 4.78 is 0. The lowest BCUT2D eigenvalue weighted by atomic mass is 10.4. The quantitative estimate of drug-likeness (QED) is 0.750. The van der Waals surface area contributed by atoms with Gasteiger partial charge in [0.25, 0.3) is 0 Å². The second kappa shape index (κ2) is 2.92. The summed E-state index contributed by atoms with van der Waals surface area (Å²) in [4.78, 5) is 9.35. The van der Waals surface area contributed by atoms with Gasteiger partial charge in [0, 0.05) is 4.88 Å². The van der Waals surface area contributed by atoms with Gasteiger partial charge in [0.1, 0.15) is 0 Å². The van der Waals surface area contributed by atoms with E-state index in [1.165, 1.54) is 9.75 Å². The molecule has 4 heteroatoms. The Labute approximate surface area is 79.2 Å². The minimum Gasteiger partial charge on any atom is -0.328 e. The standard InChI is InChI=1S/C8H7ClN2S/c1-5-2-3-7(12-5)6-4-10-8(9)11-6/h2-4H,1H3,(H,10,11). The SMILES string of the molecule is Cc1ccc(-c2cnc(Cl)[nH]2)s1. The summed E-state index contributed by atoms with van der Waals surface area (Å²) in [5, 5.41) is 0.441. The van der Waals surface area contributed by atoms with E-state index in [1.807, 2.05) is 0 Å². The van der Waals surface area contributed by atoms with Crippen LogP contribution >= 0.6 is 22.9 Å². The van der Waals surface area contributed by atoms with Crippen molar-refractivity contribution >= 4 is 22.9 Å². The molecule has 0 saturated carbocycles. The second-order valence-electron chi connectivity index (χ2n) is 2.50. The minimum absolute atomic E-state index is 0.441. The Hall–Kier alpha value is -0.800. The summed E-state index contributed by atoms with van der Waals surface area (Å²) in [7, 11) is 0. The zero-order valence-corrected chi connectivity index (χ0v) is 8.04. The first-order valence-corrected chi connectivity index (χ1v) is 4.72. The van der Waals surface area contributed by atoms with Crippen molar-refractivity contribution in [2.75, 3.05) is 0 Å². The van der Waals surface area contributed by atoms with E-state index >= 15 is 0 Å². The molecule has 0 atom stereocenters. The van der Waals surface area contributed by atoms with Gasteiger partial charge in [0.2, 0.25) is 0 Å². The molecule has 0 unspecified atom stereocenters. The summed E-state index contributed by atoms with van der Waals surface area (Å²) >= 11 is 7.38. The Balaban J connectivity index is 2.43. The Morgan fingerprint density at radius 2 is 2.33 bits per heavy atom. The zero-order valence-electron chi connectivity index (χ0n) is 6.47. The number of rotatable bonds is 1. The van der Waals surface area contributed by atoms with Gasteiger partial charge in [-0.05, 0) is 30.7 Å². The first-order chi connectivity index (χ1) is 5.75. The Bertz CT molecular complexity index is 353. The molecule has 0 spiro atoms. The summed E-state index contributed by atoms with van der Waals surface area (Å²) in [6, 6.07) is 4.14. The molecule has 0 saturated heterocycles. The highest BCUT2D eigenvalue weighted by atomic mass is 35.5. The van der Waals surface area contributed by atoms with E-state index in [0.29, 0.717) is 5.28 Å². The molecule has 0 aliphatic rings. The van der Waals surface area contributed by atoms with Gasteiger partial charge in [-0.15, -0.1) is 11.3 Å². The molecule has 0 aliphatic heterocycles. The summed E-state index contributed by atoms with van der Waals surface area (Å²) in [6.07, 6.45) is 1.74. The molecule has 0 aromatic carbocycles. The smallest absolute Gasteiger partial charge is 0.200 e. The van der Waals surface area contributed by atoms with E-state index in [9.17, 15) is 0 Å². The zero-order chi connectivity index (χ0) is 8.55. The van der Waals surface area contributed by atoms with Crippen LogP contribution in [0.2, 0.25) is 5.28 Å². The maximum absolute atomic E-state index is 5.66. The van der Waals surface area contributed by atoms with Crippen LogP contribution in [-0.4, -0.2) is 9.97 Å². The van der Waals surface area contributed by atoms with Crippen molar-refractivity contribution in [1.29, 1.82) is 0 Å². The van der Waals surface area contributed by atoms with Crippen molar-refractivity contribution in [3.05, 3.63) is 28.5 Å². The van der Waals surface area contributed by atoms with Gasteiger partial charge in [-0.1, -0.05) is 0 Å². The monoisotopic (exact) mass is 198 g/mol. The third-order valence-electron chi connectivity index (χ3n) is 1.55. The number of nitrogens with one attached hydrogen (secondary N) is 1. The van der Waals surface area contributed by atoms with E-state index in [4.69, 9.17) is 11.6 Å². The molecule has 62 valence electrons. The van der Waals surface area contributed by atoms with E-state index in [-0.39, 0.29) is 0 Å². The molecule has 0 bridgehead atoms. The van der Waals surface area contributed by atoms with Crippen LogP contribution in [0.5, 0.6) is 0 Å². The maximum Gasteiger partial charge on any atom is 0.200 e. The van der Waals surface area contributed by atoms with Crippen LogP contribution in [0.3, 0.4) is 0 Å². The molecule has 2 aromatic rings. The average Bonchev–Trinajstić information content (AvgIpc) is 2.58. The fourth-order valence-corrected chi connectivity index (χ4v) is 1.98. The molecule has 0 amide bonds. The van der Waals surface area contributed by atoms with Gasteiger partial charge >= 0.3 is 0 Å². The van der Waals surface area contributed by atoms with Gasteiger partial charge in [-0.2, -0.15) is 0 Å². The minimum atomic E-state index is 0.441. The van der Waals surface area contributed by atoms with Gasteiger partial charge in [0.05, 0.1) is 16.8 Å². The summed E-state index contributed by atoms with van der Waals surface area (Å²) in [5.41, 5.74) is 0.984. The van der Waals surface area contributed by atoms with Crippen LogP contribution in [0.4, 0.5) is 0 Å². The van der Waals surface area contributed by atoms with E-state index in [1.54, 1.807) is 17.5 Å². The Morgan fingerprint density at radius 3 is 2.83 bits per heavy atom. The fourth-order valence-electron chi connectivity index (χ4n) is 1.00. The Morgan fingerprint density at radius 1 is 1.50 bits per heavy atom. The third-order valence-corrected chi connectivity index (χ3v) is 2.78. The van der Waals surface area contributed by atoms with Crippen LogP contribution < -0.4 is 0 Å². The number of hydrogen-bond donors (Lipinski definition) is 1. The lowest BCUT2D eigenvalue weighted by Crippen LogP contribution is -1.67. The van der Waals surface area contributed by atoms with E-state index < -0.39 is 0 Å². The number of nitrogens with zero attached hydrogens (tertiary/aromatic N) is 1. The molecular formula is C8H7ClN2S. The normalized spacial score (nSPS) is 10.5. The van der Waals surface area contributed by atoms with Gasteiger partial charge in [-0.25, -0.2) is 4.98 Å². The van der Waals surface area contributed by atoms with E-state index in [2.05, 4.69) is 29.0 Å². The molecule has 0 aliphatic carbocycles. The van der Waals surface area contributed by atoms with Gasteiger partial charge in [0.15, 0.2) is 5.28 Å². The number of thiophene rings is 1. The predicted octanol–water partition coefficient (Wildman–Crippen LogP) is 3.10. The van der Waals surface area contributed by atoms with E-state index in [0.717, 1.165) is 5.69 Å². The van der Waals surface area contributed by atoms with Crippen LogP contribution in [0.15, 0.2) is 18.3 Å². The molecule has 1 N–H and O–H groups in total. The molecule has 2 heterocycles. The molecule has 0 fully saturated rings. The Kier molecular flexibility index (Phi) is 1.90. The van der Waals surface area contributed by atoms with Gasteiger partial charge in [-0.3, -0.25) is 0 Å². The first kappa shape index (κ1) is 7.83. The lowest BCUT2D eigenvalue weighted by Gasteiger charge is -1.87. The van der Waals surface area contributed by atoms with Crippen LogP contribution in [0, 0.1) is 6.92 Å². The molecule has 0 radical (unpaired) electrons. The highest BCUT2D eigenvalue weighted by Crippen LogP contribution is 2.26. The number of aromatic amines is 1. The molecule has 2 aromatic heterocycles. The van der Waals surface area contributed by atoms with Crippen LogP contribution in [0.25, 0.3) is 10.6 Å². The van der Waals surface area contributed by atoms with Crippen molar-refractivity contribution in [1.82, 2.24) is 9.97 Å². The van der Waals surface area contributed by atoms with Gasteiger partial charge < -0.3 is 4.98 Å². The largest absolute Gasteiger partial charge is 0.328 e. The molecule has 2 nitrogen and oxygen atoms in total. The number of halogens is 1. The number of aromatic nitrogens is 2. The highest BCUT2D eigenvalue weighted by molar-refractivity contribution is 7.15. The molecular weight excluding hydrogens is 192 g/mol. The number of aryl methyl sites for hydroxylation is 1. The third kappa shape index (κ3) is 1.38.